The highest BCUT2D eigenvalue weighted by atomic mass is 19.1. The summed E-state index contributed by atoms with van der Waals surface area (Å²) in [4.78, 5) is 0. The smallest absolute Gasteiger partial charge is 0.123 e. The molecule has 106 valence electrons. The summed E-state index contributed by atoms with van der Waals surface area (Å²) in [5.74, 6) is 0.327. The highest BCUT2D eigenvalue weighted by Gasteiger charge is 2.25. The van der Waals surface area contributed by atoms with Crippen LogP contribution in [-0.4, -0.2) is 21.0 Å². The van der Waals surface area contributed by atoms with Crippen LogP contribution in [0.4, 0.5) is 4.39 Å². The van der Waals surface area contributed by atoms with Crippen molar-refractivity contribution in [1.82, 2.24) is 20.3 Å². The first-order valence-electron chi connectivity index (χ1n) is 7.05. The van der Waals surface area contributed by atoms with Crippen molar-refractivity contribution >= 4 is 0 Å². The third kappa shape index (κ3) is 2.88. The molecule has 1 aliphatic rings. The van der Waals surface area contributed by atoms with E-state index in [-0.39, 0.29) is 5.82 Å². The van der Waals surface area contributed by atoms with E-state index in [1.807, 2.05) is 13.1 Å². The first-order valence-corrected chi connectivity index (χ1v) is 7.05. The van der Waals surface area contributed by atoms with Gasteiger partial charge < -0.3 is 5.32 Å². The fourth-order valence-electron chi connectivity index (χ4n) is 2.95. The van der Waals surface area contributed by atoms with Gasteiger partial charge in [-0.2, -0.15) is 0 Å². The summed E-state index contributed by atoms with van der Waals surface area (Å²) in [5.41, 5.74) is 2.20. The second kappa shape index (κ2) is 5.71. The van der Waals surface area contributed by atoms with Gasteiger partial charge in [0.05, 0.1) is 11.9 Å². The Bertz CT molecular complexity index is 581. The summed E-state index contributed by atoms with van der Waals surface area (Å²) < 4.78 is 15.0. The zero-order chi connectivity index (χ0) is 13.9. The van der Waals surface area contributed by atoms with E-state index in [9.17, 15) is 4.39 Å². The largest absolute Gasteiger partial charge is 0.308 e. The molecule has 1 heterocycles. The summed E-state index contributed by atoms with van der Waals surface area (Å²) in [7, 11) is 1.90. The predicted octanol–water partition coefficient (Wildman–Crippen LogP) is 2.38. The number of nitrogens with zero attached hydrogens (tertiary/aromatic N) is 3. The minimum absolute atomic E-state index is 0.139. The number of aryl methyl sites for hydroxylation is 1. The van der Waals surface area contributed by atoms with Crippen molar-refractivity contribution in [2.75, 3.05) is 0 Å². The Kier molecular flexibility index (Phi) is 3.78. The molecule has 1 aromatic carbocycles. The Morgan fingerprint density at radius 1 is 1.40 bits per heavy atom. The maximum atomic E-state index is 13.3. The Morgan fingerprint density at radius 3 is 3.05 bits per heavy atom. The highest BCUT2D eigenvalue weighted by Crippen LogP contribution is 2.34. The molecule has 20 heavy (non-hydrogen) atoms. The van der Waals surface area contributed by atoms with Crippen molar-refractivity contribution in [3.63, 3.8) is 0 Å². The van der Waals surface area contributed by atoms with Gasteiger partial charge in [-0.25, -0.2) is 4.39 Å². The molecule has 1 aromatic heterocycles. The van der Waals surface area contributed by atoms with Gasteiger partial charge in [0.15, 0.2) is 0 Å². The monoisotopic (exact) mass is 274 g/mol. The van der Waals surface area contributed by atoms with E-state index in [0.717, 1.165) is 37.1 Å². The first kappa shape index (κ1) is 13.2. The molecule has 4 nitrogen and oxygen atoms in total. The summed E-state index contributed by atoms with van der Waals surface area (Å²) in [6.45, 7) is 0.782. The summed E-state index contributed by atoms with van der Waals surface area (Å²) in [5, 5.41) is 11.3. The van der Waals surface area contributed by atoms with Gasteiger partial charge in [0.25, 0.3) is 0 Å². The van der Waals surface area contributed by atoms with Gasteiger partial charge in [-0.3, -0.25) is 4.68 Å². The molecule has 0 amide bonds. The molecule has 0 bridgehead atoms. The van der Waals surface area contributed by atoms with E-state index in [1.54, 1.807) is 23.0 Å². The lowest BCUT2D eigenvalue weighted by molar-refractivity contribution is 0.501. The molecule has 5 heteroatoms. The van der Waals surface area contributed by atoms with Crippen LogP contribution in [0.2, 0.25) is 0 Å². The van der Waals surface area contributed by atoms with Crippen LogP contribution in [0, 0.1) is 5.82 Å². The summed E-state index contributed by atoms with van der Waals surface area (Å²) in [6.07, 6.45) is 5.10. The van der Waals surface area contributed by atoms with Gasteiger partial charge in [-0.1, -0.05) is 17.3 Å². The molecule has 2 aromatic rings. The summed E-state index contributed by atoms with van der Waals surface area (Å²) >= 11 is 0. The van der Waals surface area contributed by atoms with Crippen LogP contribution < -0.4 is 5.32 Å². The molecule has 2 atom stereocenters. The molecule has 1 aliphatic carbocycles. The van der Waals surface area contributed by atoms with E-state index in [4.69, 9.17) is 0 Å². The molecule has 1 saturated carbocycles. The predicted molar refractivity (Wildman–Crippen MR) is 74.6 cm³/mol. The van der Waals surface area contributed by atoms with Crippen LogP contribution in [0.15, 0.2) is 30.5 Å². The lowest BCUT2D eigenvalue weighted by Crippen LogP contribution is -2.26. The van der Waals surface area contributed by atoms with Gasteiger partial charge in [-0.15, -0.1) is 5.10 Å². The number of aromatic nitrogens is 3. The molecule has 0 unspecified atom stereocenters. The van der Waals surface area contributed by atoms with E-state index >= 15 is 0 Å². The quantitative estimate of drug-likeness (QED) is 0.931. The fourth-order valence-corrected chi connectivity index (χ4v) is 2.95. The topological polar surface area (TPSA) is 42.7 Å². The minimum atomic E-state index is -0.139. The maximum absolute atomic E-state index is 13.3. The Labute approximate surface area is 118 Å². The van der Waals surface area contributed by atoms with Gasteiger partial charge in [0, 0.05) is 19.6 Å². The number of benzene rings is 1. The normalized spacial score (nSPS) is 22.3. The van der Waals surface area contributed by atoms with Crippen molar-refractivity contribution in [1.29, 1.82) is 0 Å². The van der Waals surface area contributed by atoms with E-state index < -0.39 is 0 Å². The summed E-state index contributed by atoms with van der Waals surface area (Å²) in [6, 6.07) is 7.48. The van der Waals surface area contributed by atoms with Crippen LogP contribution in [0.5, 0.6) is 0 Å². The Morgan fingerprint density at radius 2 is 2.30 bits per heavy atom. The molecule has 1 N–H and O–H groups in total. The van der Waals surface area contributed by atoms with E-state index in [2.05, 4.69) is 15.6 Å². The molecular weight excluding hydrogens is 255 g/mol. The van der Waals surface area contributed by atoms with Gasteiger partial charge in [0.1, 0.15) is 5.82 Å². The zero-order valence-electron chi connectivity index (χ0n) is 11.6. The van der Waals surface area contributed by atoms with Crippen LogP contribution in [0.3, 0.4) is 0 Å². The lowest BCUT2D eigenvalue weighted by Gasteiger charge is -2.13. The van der Waals surface area contributed by atoms with E-state index in [0.29, 0.717) is 12.0 Å². The first-order chi connectivity index (χ1) is 9.72. The number of rotatable bonds is 4. The molecule has 0 aliphatic heterocycles. The number of hydrogen-bond acceptors (Lipinski definition) is 3. The lowest BCUT2D eigenvalue weighted by atomic mass is 9.97. The second-order valence-electron chi connectivity index (χ2n) is 5.49. The van der Waals surface area contributed by atoms with Crippen molar-refractivity contribution in [3.8, 4) is 0 Å². The maximum Gasteiger partial charge on any atom is 0.123 e. The van der Waals surface area contributed by atoms with Gasteiger partial charge in [0.2, 0.25) is 0 Å². The van der Waals surface area contributed by atoms with Crippen LogP contribution in [0.25, 0.3) is 0 Å². The van der Waals surface area contributed by atoms with Gasteiger partial charge in [-0.05, 0) is 42.9 Å². The van der Waals surface area contributed by atoms with Crippen LogP contribution >= 0.6 is 0 Å². The average Bonchev–Trinajstić information content (AvgIpc) is 3.05. The van der Waals surface area contributed by atoms with Crippen molar-refractivity contribution in [2.24, 2.45) is 7.05 Å². The molecule has 0 radical (unpaired) electrons. The average molecular weight is 274 g/mol. The van der Waals surface area contributed by atoms with Crippen molar-refractivity contribution in [3.05, 3.63) is 47.5 Å². The molecule has 1 fully saturated rings. The third-order valence-corrected chi connectivity index (χ3v) is 4.13. The number of halogens is 1. The SMILES string of the molecule is Cn1nncc1CN[C@H]1CC[C@H](c2cccc(F)c2)C1. The third-order valence-electron chi connectivity index (χ3n) is 4.13. The Hall–Kier alpha value is -1.75. The highest BCUT2D eigenvalue weighted by molar-refractivity contribution is 5.22. The molecule has 3 rings (SSSR count). The molecular formula is C15H19FN4. The van der Waals surface area contributed by atoms with Crippen molar-refractivity contribution in [2.45, 2.75) is 37.8 Å². The Balaban J connectivity index is 1.56. The number of hydrogen-bond donors (Lipinski definition) is 1. The number of nitrogens with one attached hydrogen (secondary N) is 1. The fraction of sp³-hybridized carbons (Fsp3) is 0.467. The zero-order valence-corrected chi connectivity index (χ0v) is 11.6. The standard InChI is InChI=1S/C15H19FN4/c1-20-15(10-18-19-20)9-17-14-6-5-12(8-14)11-3-2-4-13(16)7-11/h2-4,7,10,12,14,17H,5-6,8-9H2,1H3/t12-,14-/m0/s1. The molecule has 0 spiro atoms. The second-order valence-corrected chi connectivity index (χ2v) is 5.49. The van der Waals surface area contributed by atoms with E-state index in [1.165, 1.54) is 6.07 Å². The van der Waals surface area contributed by atoms with Crippen LogP contribution in [-0.2, 0) is 13.6 Å². The van der Waals surface area contributed by atoms with Crippen molar-refractivity contribution < 1.29 is 4.39 Å². The minimum Gasteiger partial charge on any atom is -0.308 e. The van der Waals surface area contributed by atoms with Gasteiger partial charge >= 0.3 is 0 Å². The molecule has 0 saturated heterocycles. The van der Waals surface area contributed by atoms with Crippen LogP contribution in [0.1, 0.15) is 36.4 Å².